The van der Waals surface area contributed by atoms with E-state index in [2.05, 4.69) is 13.8 Å². The van der Waals surface area contributed by atoms with Crippen LogP contribution in [0, 0.1) is 0 Å². The van der Waals surface area contributed by atoms with Gasteiger partial charge in [-0.25, -0.2) is 0 Å². The van der Waals surface area contributed by atoms with Gasteiger partial charge in [-0.2, -0.15) is 17.6 Å². The van der Waals surface area contributed by atoms with Crippen LogP contribution in [-0.4, -0.2) is 0 Å². The van der Waals surface area contributed by atoms with Crippen molar-refractivity contribution >= 4 is 0 Å². The molecule has 0 spiro atoms. The van der Waals surface area contributed by atoms with Crippen LogP contribution < -0.4 is 9.47 Å². The van der Waals surface area contributed by atoms with E-state index in [1.54, 1.807) is 24.3 Å². The smallest absolute Gasteiger partial charge is 0.426 e. The van der Waals surface area contributed by atoms with Crippen LogP contribution in [0.4, 0.5) is 17.6 Å². The number of hydrogen-bond donors (Lipinski definition) is 0. The Kier molecular flexibility index (Phi) is 14.4. The van der Waals surface area contributed by atoms with Gasteiger partial charge < -0.3 is 9.47 Å². The molecule has 0 aliphatic heterocycles. The lowest BCUT2D eigenvalue weighted by Gasteiger charge is -2.21. The van der Waals surface area contributed by atoms with Gasteiger partial charge in [0.25, 0.3) is 0 Å². The number of unbranched alkanes of at least 4 members (excludes halogenated alkanes) is 11. The van der Waals surface area contributed by atoms with E-state index in [0.717, 1.165) is 73.9 Å². The van der Waals surface area contributed by atoms with Gasteiger partial charge in [0.05, 0.1) is 11.1 Å². The first-order valence-corrected chi connectivity index (χ1v) is 16.2. The van der Waals surface area contributed by atoms with Crippen LogP contribution in [0.15, 0.2) is 72.8 Å². The summed E-state index contributed by atoms with van der Waals surface area (Å²) in [5.41, 5.74) is 1.11. The fourth-order valence-electron chi connectivity index (χ4n) is 5.12. The Morgan fingerprint density at radius 1 is 0.419 bits per heavy atom. The van der Waals surface area contributed by atoms with Gasteiger partial charge in [0.15, 0.2) is 0 Å². The van der Waals surface area contributed by atoms with E-state index in [-0.39, 0.29) is 11.5 Å². The van der Waals surface area contributed by atoms with Gasteiger partial charge in [0, 0.05) is 0 Å². The van der Waals surface area contributed by atoms with Crippen LogP contribution >= 0.6 is 0 Å². The maximum absolute atomic E-state index is 14.9. The third kappa shape index (κ3) is 12.2. The van der Waals surface area contributed by atoms with Crippen LogP contribution in [0.3, 0.4) is 0 Å². The second kappa shape index (κ2) is 17.9. The van der Waals surface area contributed by atoms with Crippen molar-refractivity contribution in [1.29, 1.82) is 0 Å². The van der Waals surface area contributed by atoms with E-state index in [0.29, 0.717) is 0 Å². The number of hydrogen-bond acceptors (Lipinski definition) is 2. The van der Waals surface area contributed by atoms with Crippen LogP contribution in [0.25, 0.3) is 0 Å². The van der Waals surface area contributed by atoms with Crippen LogP contribution in [0.5, 0.6) is 11.5 Å². The van der Waals surface area contributed by atoms with E-state index in [1.165, 1.54) is 82.1 Å². The molecule has 43 heavy (non-hydrogen) atoms. The molecule has 0 aliphatic carbocycles. The third-order valence-electron chi connectivity index (χ3n) is 7.78. The van der Waals surface area contributed by atoms with Gasteiger partial charge in [-0.1, -0.05) is 109 Å². The zero-order valence-corrected chi connectivity index (χ0v) is 25.9. The number of ether oxygens (including phenoxy) is 2. The third-order valence-corrected chi connectivity index (χ3v) is 7.78. The van der Waals surface area contributed by atoms with Crippen molar-refractivity contribution in [3.05, 3.63) is 95.1 Å². The number of rotatable bonds is 21. The highest BCUT2D eigenvalue weighted by Gasteiger charge is 2.38. The Labute approximate surface area is 255 Å². The molecule has 0 N–H and O–H groups in total. The fourth-order valence-corrected chi connectivity index (χ4v) is 5.12. The zero-order valence-electron chi connectivity index (χ0n) is 25.9. The summed E-state index contributed by atoms with van der Waals surface area (Å²) in [6.45, 7) is 4.39. The van der Waals surface area contributed by atoms with Crippen LogP contribution in [0.1, 0.15) is 120 Å². The van der Waals surface area contributed by atoms with Crippen molar-refractivity contribution in [2.45, 2.75) is 122 Å². The first kappa shape index (κ1) is 34.5. The van der Waals surface area contributed by atoms with Crippen molar-refractivity contribution in [1.82, 2.24) is 0 Å². The quantitative estimate of drug-likeness (QED) is 0.0894. The Bertz CT molecular complexity index is 1160. The summed E-state index contributed by atoms with van der Waals surface area (Å²) in [6, 6.07) is 17.1. The minimum absolute atomic E-state index is 0.0170. The molecule has 2 nitrogen and oxygen atoms in total. The molecule has 0 amide bonds. The topological polar surface area (TPSA) is 18.5 Å². The molecular formula is C37H48F4O2. The number of halogens is 4. The van der Waals surface area contributed by atoms with Crippen molar-refractivity contribution in [3.8, 4) is 11.5 Å². The summed E-state index contributed by atoms with van der Waals surface area (Å²) in [4.78, 5) is 0. The molecular weight excluding hydrogens is 552 g/mol. The highest BCUT2D eigenvalue weighted by molar-refractivity contribution is 5.32. The standard InChI is InChI=1S/C37H48F4O2/c1-3-5-7-9-10-11-13-15-17-31-20-28-35(29-21-31)43-37(40,41)33-24-22-32(23-25-33)36(38,39)42-34-26-18-30(19-27-34)16-14-12-8-6-4-2/h18-29H,3-17H2,1-2H3. The number of aryl methyl sites for hydroxylation is 2. The first-order valence-electron chi connectivity index (χ1n) is 16.2. The molecule has 0 saturated carbocycles. The molecule has 0 fully saturated rings. The van der Waals surface area contributed by atoms with E-state index >= 15 is 0 Å². The largest absolute Gasteiger partial charge is 0.429 e. The monoisotopic (exact) mass is 600 g/mol. The van der Waals surface area contributed by atoms with Gasteiger partial charge in [-0.3, -0.25) is 0 Å². The molecule has 0 bridgehead atoms. The molecule has 3 aromatic rings. The average Bonchev–Trinajstić information content (AvgIpc) is 3.00. The highest BCUT2D eigenvalue weighted by atomic mass is 19.3. The summed E-state index contributed by atoms with van der Waals surface area (Å²) >= 11 is 0. The molecule has 0 aliphatic rings. The molecule has 0 aromatic heterocycles. The SMILES string of the molecule is CCCCCCCCCCc1ccc(OC(F)(F)c2ccc(C(F)(F)Oc3ccc(CCCCCCC)cc3)cc2)cc1. The van der Waals surface area contributed by atoms with Gasteiger partial charge in [0.1, 0.15) is 11.5 Å². The molecule has 0 atom stereocenters. The lowest BCUT2D eigenvalue weighted by atomic mass is 10.0. The predicted molar refractivity (Wildman–Crippen MR) is 167 cm³/mol. The predicted octanol–water partition coefficient (Wildman–Crippen LogP) is 12.1. The van der Waals surface area contributed by atoms with E-state index < -0.39 is 23.3 Å². The molecule has 3 rings (SSSR count). The Morgan fingerprint density at radius 2 is 0.721 bits per heavy atom. The second-order valence-corrected chi connectivity index (χ2v) is 11.5. The molecule has 236 valence electrons. The first-order chi connectivity index (χ1) is 20.7. The van der Waals surface area contributed by atoms with E-state index in [1.807, 2.05) is 0 Å². The Balaban J connectivity index is 1.47. The lowest BCUT2D eigenvalue weighted by molar-refractivity contribution is -0.188. The van der Waals surface area contributed by atoms with Gasteiger partial charge in [-0.15, -0.1) is 0 Å². The highest BCUT2D eigenvalue weighted by Crippen LogP contribution is 2.36. The van der Waals surface area contributed by atoms with Gasteiger partial charge in [0.2, 0.25) is 0 Å². The summed E-state index contributed by atoms with van der Waals surface area (Å²) in [5.74, 6) is 0.0372. The maximum atomic E-state index is 14.9. The Hall–Kier alpha value is -3.02. The zero-order chi connectivity index (χ0) is 31.0. The molecule has 0 unspecified atom stereocenters. The average molecular weight is 601 g/mol. The van der Waals surface area contributed by atoms with Gasteiger partial charge in [-0.05, 0) is 85.3 Å². The molecule has 0 heterocycles. The molecule has 0 radical (unpaired) electrons. The van der Waals surface area contributed by atoms with Crippen molar-refractivity contribution < 1.29 is 27.0 Å². The van der Waals surface area contributed by atoms with E-state index in [9.17, 15) is 17.6 Å². The van der Waals surface area contributed by atoms with Crippen molar-refractivity contribution in [2.75, 3.05) is 0 Å². The summed E-state index contributed by atoms with van der Waals surface area (Å²) in [6.07, 6.45) is 10.1. The van der Waals surface area contributed by atoms with Crippen molar-refractivity contribution in [3.63, 3.8) is 0 Å². The number of benzene rings is 3. The van der Waals surface area contributed by atoms with Crippen LogP contribution in [-0.2, 0) is 25.1 Å². The molecule has 0 saturated heterocycles. The van der Waals surface area contributed by atoms with E-state index in [4.69, 9.17) is 9.47 Å². The molecule has 3 aromatic carbocycles. The fraction of sp³-hybridized carbons (Fsp3) is 0.514. The summed E-state index contributed by atoms with van der Waals surface area (Å²) < 4.78 is 69.3. The Morgan fingerprint density at radius 3 is 1.05 bits per heavy atom. The lowest BCUT2D eigenvalue weighted by Crippen LogP contribution is -2.24. The normalized spacial score (nSPS) is 12.0. The molecule has 6 heteroatoms. The second-order valence-electron chi connectivity index (χ2n) is 11.5. The summed E-state index contributed by atoms with van der Waals surface area (Å²) in [5, 5.41) is 0. The van der Waals surface area contributed by atoms with Crippen LogP contribution in [0.2, 0.25) is 0 Å². The maximum Gasteiger partial charge on any atom is 0.426 e. The minimum atomic E-state index is -3.68. The summed E-state index contributed by atoms with van der Waals surface area (Å²) in [7, 11) is 0. The van der Waals surface area contributed by atoms with Gasteiger partial charge >= 0.3 is 12.2 Å². The number of alkyl halides is 4. The minimum Gasteiger partial charge on any atom is -0.429 e. The van der Waals surface area contributed by atoms with Crippen molar-refractivity contribution in [2.24, 2.45) is 0 Å².